The summed E-state index contributed by atoms with van der Waals surface area (Å²) in [4.78, 5) is 33.5. The number of aromatic nitrogens is 4. The molecule has 0 unspecified atom stereocenters. The van der Waals surface area contributed by atoms with Gasteiger partial charge in [-0.3, -0.25) is 9.89 Å². The van der Waals surface area contributed by atoms with Crippen molar-refractivity contribution in [1.29, 1.82) is 0 Å². The summed E-state index contributed by atoms with van der Waals surface area (Å²) in [5.41, 5.74) is 0.680. The molecule has 1 saturated carbocycles. The molecule has 1 fully saturated rings. The lowest BCUT2D eigenvalue weighted by molar-refractivity contribution is 0.262. The molecule has 3 N–H and O–H groups in total. The Morgan fingerprint density at radius 2 is 1.96 bits per heavy atom. The molecule has 9 heteroatoms. The molecule has 8 nitrogen and oxygen atoms in total. The largest absolute Gasteiger partial charge is 0.323 e. The molecule has 0 saturated heterocycles. The van der Waals surface area contributed by atoms with Crippen LogP contribution >= 0.6 is 11.6 Å². The number of carbonyl (C=O) groups excluding carboxylic acids is 1. The predicted molar refractivity (Wildman–Crippen MR) is 94.4 cm³/mol. The topological polar surface area (TPSA) is 104 Å². The Balaban J connectivity index is 1.60. The lowest BCUT2D eigenvalue weighted by atomic mass is 10.3. The Morgan fingerprint density at radius 3 is 2.64 bits per heavy atom. The quantitative estimate of drug-likeness (QED) is 0.669. The molecule has 0 bridgehead atoms. The number of anilines is 2. The van der Waals surface area contributed by atoms with E-state index in [0.717, 1.165) is 18.7 Å². The minimum absolute atomic E-state index is 0.106. The van der Waals surface area contributed by atoms with Crippen LogP contribution in [-0.4, -0.2) is 25.6 Å². The number of halogens is 1. The van der Waals surface area contributed by atoms with E-state index in [0.29, 0.717) is 28.1 Å². The molecule has 0 spiro atoms. The zero-order chi connectivity index (χ0) is 17.6. The summed E-state index contributed by atoms with van der Waals surface area (Å²) in [6.45, 7) is 1.66. The van der Waals surface area contributed by atoms with Crippen molar-refractivity contribution in [2.24, 2.45) is 0 Å². The molecule has 128 valence electrons. The number of hydrogen-bond donors (Lipinski definition) is 3. The van der Waals surface area contributed by atoms with Crippen molar-refractivity contribution in [3.8, 4) is 0 Å². The average Bonchev–Trinajstić information content (AvgIpc) is 3.34. The van der Waals surface area contributed by atoms with Crippen LogP contribution in [0, 0.1) is 6.92 Å². The third-order valence-electron chi connectivity index (χ3n) is 4.00. The van der Waals surface area contributed by atoms with E-state index in [4.69, 9.17) is 11.6 Å². The van der Waals surface area contributed by atoms with Crippen molar-refractivity contribution in [3.63, 3.8) is 0 Å². The first kappa shape index (κ1) is 15.6. The molecule has 0 atom stereocenters. The van der Waals surface area contributed by atoms with Crippen LogP contribution in [0.1, 0.15) is 30.3 Å². The van der Waals surface area contributed by atoms with Crippen LogP contribution in [0.4, 0.5) is 16.2 Å². The predicted octanol–water partition coefficient (Wildman–Crippen LogP) is 2.90. The third kappa shape index (κ3) is 3.08. The van der Waals surface area contributed by atoms with E-state index >= 15 is 0 Å². The molecule has 25 heavy (non-hydrogen) atoms. The van der Waals surface area contributed by atoms with Gasteiger partial charge in [0.25, 0.3) is 11.3 Å². The minimum atomic E-state index is -0.536. The molecule has 1 aliphatic rings. The number of nitrogens with zero attached hydrogens (tertiary/aromatic N) is 3. The number of carbonyl (C=O) groups is 1. The van der Waals surface area contributed by atoms with Crippen LogP contribution in [0.15, 0.2) is 29.1 Å². The summed E-state index contributed by atoms with van der Waals surface area (Å²) < 4.78 is 1.26. The van der Waals surface area contributed by atoms with Crippen LogP contribution in [-0.2, 0) is 0 Å². The molecule has 1 aromatic carbocycles. The van der Waals surface area contributed by atoms with Crippen LogP contribution in [0.25, 0.3) is 5.78 Å². The van der Waals surface area contributed by atoms with Crippen molar-refractivity contribution >= 4 is 34.8 Å². The van der Waals surface area contributed by atoms with Gasteiger partial charge in [-0.1, -0.05) is 11.6 Å². The van der Waals surface area contributed by atoms with Gasteiger partial charge in [-0.25, -0.2) is 9.78 Å². The standard InChI is InChI=1S/C16H15ClN6O2/c1-8-12(20-16(25)19-11-6-4-10(17)5-7-11)14(24)23-15(18-8)21-13(22-23)9-2-3-9/h4-7,9H,2-3H2,1H3,(H,18,21,22)(H2,19,20,25). The van der Waals surface area contributed by atoms with Gasteiger partial charge in [0.15, 0.2) is 0 Å². The van der Waals surface area contributed by atoms with E-state index in [1.165, 1.54) is 4.52 Å². The molecular weight excluding hydrogens is 344 g/mol. The zero-order valence-corrected chi connectivity index (χ0v) is 14.1. The molecule has 2 aromatic heterocycles. The lowest BCUT2D eigenvalue weighted by Crippen LogP contribution is -2.28. The van der Waals surface area contributed by atoms with Crippen molar-refractivity contribution in [2.75, 3.05) is 10.6 Å². The van der Waals surface area contributed by atoms with Gasteiger partial charge in [0.05, 0.1) is 5.69 Å². The molecule has 4 rings (SSSR count). The number of H-pyrrole nitrogens is 1. The number of nitrogens with one attached hydrogen (secondary N) is 3. The third-order valence-corrected chi connectivity index (χ3v) is 4.25. The van der Waals surface area contributed by atoms with Crippen molar-refractivity contribution < 1.29 is 4.79 Å². The van der Waals surface area contributed by atoms with Gasteiger partial charge >= 0.3 is 6.03 Å². The zero-order valence-electron chi connectivity index (χ0n) is 13.3. The molecule has 0 radical (unpaired) electrons. The van der Waals surface area contributed by atoms with Gasteiger partial charge in [0, 0.05) is 16.6 Å². The van der Waals surface area contributed by atoms with E-state index in [1.807, 2.05) is 0 Å². The van der Waals surface area contributed by atoms with Crippen molar-refractivity contribution in [3.05, 3.63) is 51.2 Å². The molecule has 0 aliphatic heterocycles. The molecular formula is C16H15ClN6O2. The maximum absolute atomic E-state index is 12.6. The fraction of sp³-hybridized carbons (Fsp3) is 0.250. The SMILES string of the molecule is Cc1nc2nc(C3CC3)[nH]n2c(=O)c1NC(=O)Nc1ccc(Cl)cc1. The highest BCUT2D eigenvalue weighted by Gasteiger charge is 2.28. The highest BCUT2D eigenvalue weighted by atomic mass is 35.5. The Kier molecular flexibility index (Phi) is 3.69. The van der Waals surface area contributed by atoms with E-state index in [2.05, 4.69) is 25.7 Å². The van der Waals surface area contributed by atoms with Gasteiger partial charge in [0.2, 0.25) is 0 Å². The number of aromatic amines is 1. The number of hydrogen-bond acceptors (Lipinski definition) is 4. The molecule has 2 heterocycles. The van der Waals surface area contributed by atoms with Gasteiger partial charge in [-0.2, -0.15) is 9.50 Å². The molecule has 2 amide bonds. The highest BCUT2D eigenvalue weighted by Crippen LogP contribution is 2.37. The van der Waals surface area contributed by atoms with Gasteiger partial charge in [-0.15, -0.1) is 0 Å². The Morgan fingerprint density at radius 1 is 1.24 bits per heavy atom. The smallest absolute Gasteiger partial charge is 0.308 e. The summed E-state index contributed by atoms with van der Waals surface area (Å²) >= 11 is 5.81. The first-order chi connectivity index (χ1) is 12.0. The minimum Gasteiger partial charge on any atom is -0.308 e. The number of amides is 2. The lowest BCUT2D eigenvalue weighted by Gasteiger charge is -2.09. The summed E-state index contributed by atoms with van der Waals surface area (Å²) in [6.07, 6.45) is 2.12. The second-order valence-corrected chi connectivity index (χ2v) is 6.42. The summed E-state index contributed by atoms with van der Waals surface area (Å²) in [7, 11) is 0. The summed E-state index contributed by atoms with van der Waals surface area (Å²) in [6, 6.07) is 6.12. The first-order valence-electron chi connectivity index (χ1n) is 7.84. The summed E-state index contributed by atoms with van der Waals surface area (Å²) in [5.74, 6) is 1.44. The van der Waals surface area contributed by atoms with E-state index in [9.17, 15) is 9.59 Å². The Labute approximate surface area is 147 Å². The number of fused-ring (bicyclic) bond motifs is 1. The van der Waals surface area contributed by atoms with Crippen LogP contribution in [0.3, 0.4) is 0 Å². The van der Waals surface area contributed by atoms with Crippen LogP contribution in [0.2, 0.25) is 5.02 Å². The number of aryl methyl sites for hydroxylation is 1. The molecule has 1 aliphatic carbocycles. The first-order valence-corrected chi connectivity index (χ1v) is 8.22. The number of rotatable bonds is 3. The fourth-order valence-electron chi connectivity index (χ4n) is 2.53. The monoisotopic (exact) mass is 358 g/mol. The van der Waals surface area contributed by atoms with Crippen LogP contribution < -0.4 is 16.2 Å². The van der Waals surface area contributed by atoms with E-state index < -0.39 is 11.6 Å². The highest BCUT2D eigenvalue weighted by molar-refractivity contribution is 6.30. The normalized spacial score (nSPS) is 13.8. The Bertz CT molecular complexity index is 1020. The Hall–Kier alpha value is -2.87. The van der Waals surface area contributed by atoms with Crippen molar-refractivity contribution in [2.45, 2.75) is 25.7 Å². The molecule has 3 aromatic rings. The maximum atomic E-state index is 12.6. The van der Waals surface area contributed by atoms with Crippen molar-refractivity contribution in [1.82, 2.24) is 19.6 Å². The summed E-state index contributed by atoms with van der Waals surface area (Å²) in [5, 5.41) is 8.74. The number of benzene rings is 1. The fourth-order valence-corrected chi connectivity index (χ4v) is 2.65. The van der Waals surface area contributed by atoms with E-state index in [1.54, 1.807) is 31.2 Å². The van der Waals surface area contributed by atoms with Gasteiger partial charge < -0.3 is 10.6 Å². The second kappa shape index (κ2) is 5.89. The number of urea groups is 1. The van der Waals surface area contributed by atoms with Gasteiger partial charge in [0.1, 0.15) is 11.5 Å². The average molecular weight is 359 g/mol. The van der Waals surface area contributed by atoms with E-state index in [-0.39, 0.29) is 5.69 Å². The second-order valence-electron chi connectivity index (χ2n) is 5.98. The maximum Gasteiger partial charge on any atom is 0.323 e. The van der Waals surface area contributed by atoms with Crippen LogP contribution in [0.5, 0.6) is 0 Å². The van der Waals surface area contributed by atoms with Gasteiger partial charge in [-0.05, 0) is 44.0 Å².